The van der Waals surface area contributed by atoms with Gasteiger partial charge in [0.05, 0.1) is 0 Å². The van der Waals surface area contributed by atoms with Crippen molar-refractivity contribution in [2.75, 3.05) is 13.2 Å². The van der Waals surface area contributed by atoms with Gasteiger partial charge < -0.3 is 14.4 Å². The van der Waals surface area contributed by atoms with Crippen LogP contribution >= 0.6 is 0 Å². The van der Waals surface area contributed by atoms with E-state index in [0.717, 1.165) is 25.0 Å². The van der Waals surface area contributed by atoms with E-state index in [-0.39, 0.29) is 17.0 Å². The quantitative estimate of drug-likeness (QED) is 0.922. The number of carbonyl (C=O) groups is 1. The van der Waals surface area contributed by atoms with E-state index in [1.807, 2.05) is 0 Å². The Balaban J connectivity index is 2.06. The highest BCUT2D eigenvalue weighted by atomic mass is 19.1. The van der Waals surface area contributed by atoms with E-state index in [2.05, 4.69) is 0 Å². The molecule has 0 spiro atoms. The lowest BCUT2D eigenvalue weighted by Crippen LogP contribution is -2.24. The van der Waals surface area contributed by atoms with Crippen LogP contribution in [0.5, 0.6) is 0 Å². The first kappa shape index (κ1) is 17.3. The number of nitrogens with zero attached hydrogens (tertiary/aromatic N) is 1. The van der Waals surface area contributed by atoms with Crippen LogP contribution in [0.15, 0.2) is 35.4 Å². The summed E-state index contributed by atoms with van der Waals surface area (Å²) in [6.45, 7) is 1.78. The van der Waals surface area contributed by atoms with E-state index in [1.54, 1.807) is 4.57 Å². The van der Waals surface area contributed by atoms with Crippen LogP contribution < -0.4 is 5.43 Å². The molecule has 0 amide bonds. The molecule has 1 aliphatic rings. The third-order valence-corrected chi connectivity index (χ3v) is 4.29. The van der Waals surface area contributed by atoms with Crippen molar-refractivity contribution >= 4 is 5.97 Å². The van der Waals surface area contributed by atoms with E-state index in [1.165, 1.54) is 12.4 Å². The molecule has 1 saturated heterocycles. The van der Waals surface area contributed by atoms with Gasteiger partial charge in [-0.1, -0.05) is 0 Å². The van der Waals surface area contributed by atoms with Crippen LogP contribution in [0, 0.1) is 17.6 Å². The van der Waals surface area contributed by atoms with Crippen LogP contribution in [-0.2, 0) is 11.3 Å². The Labute approximate surface area is 142 Å². The molecule has 2 aromatic rings. The minimum absolute atomic E-state index is 0.0197. The second-order valence-electron chi connectivity index (χ2n) is 6.13. The molecular formula is C18H17F2NO4. The molecule has 7 heteroatoms. The van der Waals surface area contributed by atoms with Gasteiger partial charge in [-0.15, -0.1) is 0 Å². The molecule has 25 heavy (non-hydrogen) atoms. The zero-order valence-corrected chi connectivity index (χ0v) is 13.4. The average molecular weight is 349 g/mol. The molecule has 0 atom stereocenters. The van der Waals surface area contributed by atoms with Gasteiger partial charge in [0.1, 0.15) is 17.2 Å². The first-order valence-electron chi connectivity index (χ1n) is 7.95. The largest absolute Gasteiger partial charge is 0.477 e. The van der Waals surface area contributed by atoms with Crippen LogP contribution in [0.4, 0.5) is 8.78 Å². The number of ether oxygens (including phenoxy) is 1. The van der Waals surface area contributed by atoms with Crippen LogP contribution in [0.3, 0.4) is 0 Å². The van der Waals surface area contributed by atoms with Crippen molar-refractivity contribution < 1.29 is 23.4 Å². The zero-order valence-electron chi connectivity index (χ0n) is 13.4. The van der Waals surface area contributed by atoms with Crippen molar-refractivity contribution in [1.82, 2.24) is 4.57 Å². The van der Waals surface area contributed by atoms with Crippen molar-refractivity contribution in [2.45, 2.75) is 19.4 Å². The number of hydrogen-bond acceptors (Lipinski definition) is 3. The van der Waals surface area contributed by atoms with Gasteiger partial charge in [-0.25, -0.2) is 13.6 Å². The van der Waals surface area contributed by atoms with Gasteiger partial charge in [0.25, 0.3) is 0 Å². The summed E-state index contributed by atoms with van der Waals surface area (Å²) in [6.07, 6.45) is 4.40. The number of pyridine rings is 1. The number of rotatable bonds is 4. The van der Waals surface area contributed by atoms with E-state index in [0.29, 0.717) is 25.8 Å². The summed E-state index contributed by atoms with van der Waals surface area (Å²) in [5.41, 5.74) is -1.20. The van der Waals surface area contributed by atoms with Crippen molar-refractivity contribution in [3.05, 3.63) is 58.0 Å². The molecule has 132 valence electrons. The molecule has 5 nitrogen and oxygen atoms in total. The number of aromatic carboxylic acids is 1. The summed E-state index contributed by atoms with van der Waals surface area (Å²) in [6, 6.07) is 2.74. The molecule has 1 fully saturated rings. The molecule has 1 aliphatic heterocycles. The first-order valence-corrected chi connectivity index (χ1v) is 7.95. The number of halogens is 2. The molecule has 3 rings (SSSR count). The Kier molecular flexibility index (Phi) is 4.94. The Hall–Kier alpha value is -2.54. The maximum absolute atomic E-state index is 13.5. The van der Waals surface area contributed by atoms with Crippen LogP contribution in [0.1, 0.15) is 23.2 Å². The SMILES string of the molecule is O=C(O)c1cn(CC2CCOCC2)cc(-c2cc(F)cc(F)c2)c1=O. The highest BCUT2D eigenvalue weighted by Crippen LogP contribution is 2.21. The molecule has 0 unspecified atom stereocenters. The van der Waals surface area contributed by atoms with Gasteiger partial charge in [-0.05, 0) is 36.5 Å². The van der Waals surface area contributed by atoms with Crippen LogP contribution in [0.25, 0.3) is 11.1 Å². The van der Waals surface area contributed by atoms with Gasteiger partial charge in [-0.2, -0.15) is 0 Å². The Morgan fingerprint density at radius 2 is 1.80 bits per heavy atom. The van der Waals surface area contributed by atoms with Gasteiger partial charge >= 0.3 is 5.97 Å². The predicted molar refractivity (Wildman–Crippen MR) is 86.6 cm³/mol. The van der Waals surface area contributed by atoms with E-state index in [4.69, 9.17) is 4.74 Å². The zero-order chi connectivity index (χ0) is 18.0. The molecular weight excluding hydrogens is 332 g/mol. The fourth-order valence-electron chi connectivity index (χ4n) is 3.03. The summed E-state index contributed by atoms with van der Waals surface area (Å²) in [7, 11) is 0. The summed E-state index contributed by atoms with van der Waals surface area (Å²) in [4.78, 5) is 23.8. The Bertz CT molecular complexity index is 836. The highest BCUT2D eigenvalue weighted by Gasteiger charge is 2.19. The molecule has 2 heterocycles. The maximum Gasteiger partial charge on any atom is 0.341 e. The monoisotopic (exact) mass is 349 g/mol. The molecule has 0 radical (unpaired) electrons. The van der Waals surface area contributed by atoms with Crippen molar-refractivity contribution in [3.8, 4) is 11.1 Å². The van der Waals surface area contributed by atoms with Crippen molar-refractivity contribution in [2.24, 2.45) is 5.92 Å². The standard InChI is InChI=1S/C18H17F2NO4/c19-13-5-12(6-14(20)7-13)15-9-21(8-11-1-3-25-4-2-11)10-16(17(15)22)18(23)24/h5-7,9-11H,1-4,8H2,(H,23,24). The second-order valence-corrected chi connectivity index (χ2v) is 6.13. The lowest BCUT2D eigenvalue weighted by atomic mass is 9.99. The fraction of sp³-hybridized carbons (Fsp3) is 0.333. The van der Waals surface area contributed by atoms with Crippen LogP contribution in [-0.4, -0.2) is 28.9 Å². The number of hydrogen-bond donors (Lipinski definition) is 1. The molecule has 0 bridgehead atoms. The lowest BCUT2D eigenvalue weighted by molar-refractivity contribution is 0.0609. The fourth-order valence-corrected chi connectivity index (χ4v) is 3.03. The smallest absolute Gasteiger partial charge is 0.341 e. The predicted octanol–water partition coefficient (Wildman–Crippen LogP) is 2.92. The molecule has 0 aliphatic carbocycles. The summed E-state index contributed by atoms with van der Waals surface area (Å²) in [5, 5.41) is 9.30. The third-order valence-electron chi connectivity index (χ3n) is 4.29. The van der Waals surface area contributed by atoms with Gasteiger partial charge in [0.2, 0.25) is 5.43 Å². The number of carboxylic acid groups (broad SMARTS) is 1. The summed E-state index contributed by atoms with van der Waals surface area (Å²) >= 11 is 0. The second kappa shape index (κ2) is 7.14. The third kappa shape index (κ3) is 3.93. The van der Waals surface area contributed by atoms with E-state index in [9.17, 15) is 23.5 Å². The molecule has 1 aromatic heterocycles. The van der Waals surface area contributed by atoms with Gasteiger partial charge in [-0.3, -0.25) is 4.79 Å². The first-order chi connectivity index (χ1) is 11.9. The molecule has 0 saturated carbocycles. The Morgan fingerprint density at radius 1 is 1.16 bits per heavy atom. The molecule has 1 aromatic carbocycles. The van der Waals surface area contributed by atoms with E-state index >= 15 is 0 Å². The Morgan fingerprint density at radius 3 is 2.40 bits per heavy atom. The lowest BCUT2D eigenvalue weighted by Gasteiger charge is -2.23. The summed E-state index contributed by atoms with van der Waals surface area (Å²) in [5.74, 6) is -2.74. The number of aromatic nitrogens is 1. The number of benzene rings is 1. The normalized spacial score (nSPS) is 15.3. The van der Waals surface area contributed by atoms with Crippen LogP contribution in [0.2, 0.25) is 0 Å². The topological polar surface area (TPSA) is 68.5 Å². The van der Waals surface area contributed by atoms with Gasteiger partial charge in [0.15, 0.2) is 0 Å². The average Bonchev–Trinajstić information content (AvgIpc) is 2.56. The maximum atomic E-state index is 13.5. The minimum Gasteiger partial charge on any atom is -0.477 e. The van der Waals surface area contributed by atoms with Crippen molar-refractivity contribution in [3.63, 3.8) is 0 Å². The van der Waals surface area contributed by atoms with Gasteiger partial charge in [0, 0.05) is 43.8 Å². The van der Waals surface area contributed by atoms with E-state index < -0.39 is 28.6 Å². The minimum atomic E-state index is -1.37. The number of carboxylic acids is 1. The highest BCUT2D eigenvalue weighted by molar-refractivity contribution is 5.88. The molecule has 1 N–H and O–H groups in total. The van der Waals surface area contributed by atoms with Crippen molar-refractivity contribution in [1.29, 1.82) is 0 Å². The summed E-state index contributed by atoms with van der Waals surface area (Å²) < 4.78 is 33.9.